The molecular formula is C19H26N2O4. The molecule has 0 N–H and O–H groups in total. The smallest absolute Gasteiger partial charge is 0.414 e. The van der Waals surface area contributed by atoms with Crippen molar-refractivity contribution < 1.29 is 19.1 Å². The largest absolute Gasteiger partial charge is 0.443 e. The number of hydrogen-bond donors (Lipinski definition) is 0. The highest BCUT2D eigenvalue weighted by atomic mass is 16.6. The van der Waals surface area contributed by atoms with Gasteiger partial charge in [0.1, 0.15) is 18.0 Å². The summed E-state index contributed by atoms with van der Waals surface area (Å²) in [6, 6.07) is 9.75. The van der Waals surface area contributed by atoms with Crippen molar-refractivity contribution in [2.24, 2.45) is 0 Å². The van der Waals surface area contributed by atoms with Gasteiger partial charge in [-0.3, -0.25) is 9.69 Å². The summed E-state index contributed by atoms with van der Waals surface area (Å²) in [6.45, 7) is 10.6. The first-order valence-electron chi connectivity index (χ1n) is 8.38. The molecule has 2 amide bonds. The second kappa shape index (κ2) is 8.16. The van der Waals surface area contributed by atoms with Crippen molar-refractivity contribution in [1.82, 2.24) is 9.80 Å². The van der Waals surface area contributed by atoms with E-state index in [1.807, 2.05) is 30.3 Å². The SMILES string of the molecule is C=C1C(=O)N(COCc2ccccc2)CCCN1C(=O)OC(C)(C)C. The minimum atomic E-state index is -0.620. The lowest BCUT2D eigenvalue weighted by atomic mass is 10.2. The number of carbonyl (C=O) groups is 2. The molecule has 0 unspecified atom stereocenters. The number of nitrogens with zero attached hydrogens (tertiary/aromatic N) is 2. The van der Waals surface area contributed by atoms with Gasteiger partial charge in [-0.25, -0.2) is 4.79 Å². The molecule has 136 valence electrons. The van der Waals surface area contributed by atoms with E-state index in [1.54, 1.807) is 25.7 Å². The molecule has 1 aliphatic heterocycles. The summed E-state index contributed by atoms with van der Waals surface area (Å²) < 4.78 is 11.0. The van der Waals surface area contributed by atoms with Crippen LogP contribution in [0.4, 0.5) is 4.79 Å². The zero-order valence-electron chi connectivity index (χ0n) is 15.2. The highest BCUT2D eigenvalue weighted by Crippen LogP contribution is 2.18. The van der Waals surface area contributed by atoms with Crippen LogP contribution < -0.4 is 0 Å². The maximum absolute atomic E-state index is 12.6. The van der Waals surface area contributed by atoms with Gasteiger partial charge in [0.05, 0.1) is 6.61 Å². The molecule has 0 radical (unpaired) electrons. The highest BCUT2D eigenvalue weighted by Gasteiger charge is 2.31. The van der Waals surface area contributed by atoms with E-state index in [4.69, 9.17) is 9.47 Å². The van der Waals surface area contributed by atoms with Gasteiger partial charge in [-0.2, -0.15) is 0 Å². The zero-order valence-corrected chi connectivity index (χ0v) is 15.2. The van der Waals surface area contributed by atoms with E-state index in [9.17, 15) is 9.59 Å². The molecule has 1 heterocycles. The number of carbonyl (C=O) groups excluding carboxylic acids is 2. The first-order chi connectivity index (χ1) is 11.8. The van der Waals surface area contributed by atoms with Crippen LogP contribution in [0.25, 0.3) is 0 Å². The second-order valence-electron chi connectivity index (χ2n) is 6.96. The summed E-state index contributed by atoms with van der Waals surface area (Å²) in [7, 11) is 0. The summed E-state index contributed by atoms with van der Waals surface area (Å²) in [4.78, 5) is 27.7. The Morgan fingerprint density at radius 3 is 2.52 bits per heavy atom. The summed E-state index contributed by atoms with van der Waals surface area (Å²) in [5.41, 5.74) is 0.541. The quantitative estimate of drug-likeness (QED) is 0.786. The lowest BCUT2D eigenvalue weighted by molar-refractivity contribution is -0.133. The first-order valence-corrected chi connectivity index (χ1v) is 8.38. The van der Waals surface area contributed by atoms with Crippen LogP contribution in [0.1, 0.15) is 32.8 Å². The third kappa shape index (κ3) is 5.60. The van der Waals surface area contributed by atoms with Crippen LogP contribution in [0.2, 0.25) is 0 Å². The van der Waals surface area contributed by atoms with E-state index in [-0.39, 0.29) is 18.3 Å². The van der Waals surface area contributed by atoms with E-state index in [0.717, 1.165) is 5.56 Å². The van der Waals surface area contributed by atoms with Crippen LogP contribution in [-0.4, -0.2) is 47.2 Å². The predicted octanol–water partition coefficient (Wildman–Crippen LogP) is 3.14. The molecule has 0 aliphatic carbocycles. The topological polar surface area (TPSA) is 59.1 Å². The zero-order chi connectivity index (χ0) is 18.4. The molecule has 1 aromatic carbocycles. The fourth-order valence-corrected chi connectivity index (χ4v) is 2.44. The molecule has 1 aliphatic rings. The van der Waals surface area contributed by atoms with Crippen molar-refractivity contribution in [2.45, 2.75) is 39.4 Å². The minimum Gasteiger partial charge on any atom is -0.443 e. The maximum atomic E-state index is 12.6. The Morgan fingerprint density at radius 2 is 1.88 bits per heavy atom. The van der Waals surface area contributed by atoms with Crippen molar-refractivity contribution in [3.63, 3.8) is 0 Å². The number of ether oxygens (including phenoxy) is 2. The second-order valence-corrected chi connectivity index (χ2v) is 6.96. The molecule has 1 aromatic rings. The molecule has 0 spiro atoms. The average molecular weight is 346 g/mol. The van der Waals surface area contributed by atoms with Gasteiger partial charge >= 0.3 is 6.09 Å². The monoisotopic (exact) mass is 346 g/mol. The van der Waals surface area contributed by atoms with E-state index in [0.29, 0.717) is 26.1 Å². The molecule has 0 saturated carbocycles. The molecule has 6 nitrogen and oxygen atoms in total. The van der Waals surface area contributed by atoms with Crippen molar-refractivity contribution >= 4 is 12.0 Å². The van der Waals surface area contributed by atoms with Crippen molar-refractivity contribution in [2.75, 3.05) is 19.8 Å². The van der Waals surface area contributed by atoms with Gasteiger partial charge in [0.25, 0.3) is 5.91 Å². The van der Waals surface area contributed by atoms with E-state index < -0.39 is 11.7 Å². The van der Waals surface area contributed by atoms with Gasteiger partial charge < -0.3 is 14.4 Å². The molecule has 6 heteroatoms. The molecule has 1 saturated heterocycles. The number of benzene rings is 1. The standard InChI is InChI=1S/C19H26N2O4/c1-15-17(22)20(14-24-13-16-9-6-5-7-10-16)11-8-12-21(15)18(23)25-19(2,3)4/h5-7,9-10H,1,8,11-14H2,2-4H3. The van der Waals surface area contributed by atoms with E-state index >= 15 is 0 Å². The minimum absolute atomic E-state index is 0.120. The average Bonchev–Trinajstić information content (AvgIpc) is 2.68. The summed E-state index contributed by atoms with van der Waals surface area (Å²) in [5, 5.41) is 0. The molecule has 0 atom stereocenters. The summed E-state index contributed by atoms with van der Waals surface area (Å²) >= 11 is 0. The lowest BCUT2D eigenvalue weighted by Gasteiger charge is -2.27. The Balaban J connectivity index is 1.92. The van der Waals surface area contributed by atoms with Crippen LogP contribution >= 0.6 is 0 Å². The molecule has 1 fully saturated rings. The Morgan fingerprint density at radius 1 is 1.20 bits per heavy atom. The van der Waals surface area contributed by atoms with Gasteiger partial charge in [-0.05, 0) is 32.8 Å². The van der Waals surface area contributed by atoms with Crippen LogP contribution in [0.15, 0.2) is 42.6 Å². The number of rotatable bonds is 4. The molecular weight excluding hydrogens is 320 g/mol. The predicted molar refractivity (Wildman–Crippen MR) is 94.5 cm³/mol. The maximum Gasteiger partial charge on any atom is 0.414 e. The van der Waals surface area contributed by atoms with Gasteiger partial charge in [-0.1, -0.05) is 36.9 Å². The Kier molecular flexibility index (Phi) is 6.20. The van der Waals surface area contributed by atoms with Crippen molar-refractivity contribution in [3.05, 3.63) is 48.2 Å². The first kappa shape index (κ1) is 19.0. The summed E-state index contributed by atoms with van der Waals surface area (Å²) in [5.74, 6) is -0.309. The molecule has 0 aromatic heterocycles. The number of amides is 2. The number of hydrogen-bond acceptors (Lipinski definition) is 4. The fourth-order valence-electron chi connectivity index (χ4n) is 2.44. The molecule has 25 heavy (non-hydrogen) atoms. The third-order valence-corrected chi connectivity index (χ3v) is 3.64. The Hall–Kier alpha value is -2.34. The van der Waals surface area contributed by atoms with Gasteiger partial charge in [-0.15, -0.1) is 0 Å². The van der Waals surface area contributed by atoms with Gasteiger partial charge in [0.15, 0.2) is 0 Å². The Labute approximate surface area is 149 Å². The van der Waals surface area contributed by atoms with E-state index in [2.05, 4.69) is 6.58 Å². The van der Waals surface area contributed by atoms with Crippen molar-refractivity contribution in [3.8, 4) is 0 Å². The third-order valence-electron chi connectivity index (χ3n) is 3.64. The van der Waals surface area contributed by atoms with Gasteiger partial charge in [0.2, 0.25) is 0 Å². The fraction of sp³-hybridized carbons (Fsp3) is 0.474. The molecule has 2 rings (SSSR count). The van der Waals surface area contributed by atoms with Crippen LogP contribution in [-0.2, 0) is 20.9 Å². The highest BCUT2D eigenvalue weighted by molar-refractivity contribution is 5.96. The van der Waals surface area contributed by atoms with E-state index in [1.165, 1.54) is 4.90 Å². The summed E-state index contributed by atoms with van der Waals surface area (Å²) in [6.07, 6.45) is 0.0940. The normalized spacial score (nSPS) is 16.0. The van der Waals surface area contributed by atoms with Gasteiger partial charge in [0, 0.05) is 13.1 Å². The van der Waals surface area contributed by atoms with Crippen LogP contribution in [0.3, 0.4) is 0 Å². The molecule has 0 bridgehead atoms. The van der Waals surface area contributed by atoms with Crippen LogP contribution in [0.5, 0.6) is 0 Å². The lowest BCUT2D eigenvalue weighted by Crippen LogP contribution is -2.40. The Bertz CT molecular complexity index is 622. The van der Waals surface area contributed by atoms with Crippen molar-refractivity contribution in [1.29, 1.82) is 0 Å². The van der Waals surface area contributed by atoms with Crippen LogP contribution in [0, 0.1) is 0 Å².